The molecule has 0 spiro atoms. The van der Waals surface area contributed by atoms with Crippen LogP contribution in [-0.4, -0.2) is 43.4 Å². The smallest absolute Gasteiger partial charge is 0.409 e. The van der Waals surface area contributed by atoms with Crippen LogP contribution in [0.25, 0.3) is 0 Å². The quantitative estimate of drug-likeness (QED) is 0.688. The third-order valence-corrected chi connectivity index (χ3v) is 4.89. The van der Waals surface area contributed by atoms with Crippen LogP contribution < -0.4 is 4.74 Å². The highest BCUT2D eigenvalue weighted by Gasteiger charge is 2.27. The molecule has 5 nitrogen and oxygen atoms in total. The maximum atomic E-state index is 11.9. The molecule has 0 aliphatic carbocycles. The highest BCUT2D eigenvalue weighted by Crippen LogP contribution is 2.31. The van der Waals surface area contributed by atoms with Gasteiger partial charge in [-0.25, -0.2) is 4.79 Å². The summed E-state index contributed by atoms with van der Waals surface area (Å²) >= 11 is 0. The van der Waals surface area contributed by atoms with Crippen LogP contribution in [0.3, 0.4) is 0 Å². The lowest BCUT2D eigenvalue weighted by Crippen LogP contribution is -2.41. The van der Waals surface area contributed by atoms with Gasteiger partial charge in [-0.1, -0.05) is 42.5 Å². The maximum absolute atomic E-state index is 11.9. The van der Waals surface area contributed by atoms with E-state index in [1.165, 1.54) is 0 Å². The van der Waals surface area contributed by atoms with Crippen molar-refractivity contribution in [2.75, 3.05) is 26.3 Å². The van der Waals surface area contributed by atoms with E-state index in [2.05, 4.69) is 24.3 Å². The van der Waals surface area contributed by atoms with E-state index < -0.39 is 0 Å². The Morgan fingerprint density at radius 2 is 1.61 bits per heavy atom. The first-order valence-corrected chi connectivity index (χ1v) is 10.1. The van der Waals surface area contributed by atoms with Crippen molar-refractivity contribution < 1.29 is 19.0 Å². The normalized spacial score (nSPS) is 15.9. The fourth-order valence-electron chi connectivity index (χ4n) is 3.46. The van der Waals surface area contributed by atoms with Gasteiger partial charge >= 0.3 is 6.09 Å². The second-order valence-electron chi connectivity index (χ2n) is 6.81. The molecule has 0 bridgehead atoms. The highest BCUT2D eigenvalue weighted by atomic mass is 16.6. The van der Waals surface area contributed by atoms with E-state index in [1.807, 2.05) is 44.2 Å². The van der Waals surface area contributed by atoms with Crippen LogP contribution in [0.1, 0.15) is 43.9 Å². The first-order chi connectivity index (χ1) is 13.7. The maximum Gasteiger partial charge on any atom is 0.409 e. The fraction of sp³-hybridized carbons (Fsp3) is 0.435. The molecule has 0 saturated carbocycles. The van der Waals surface area contributed by atoms with Crippen LogP contribution in [0, 0.1) is 0 Å². The second-order valence-corrected chi connectivity index (χ2v) is 6.81. The van der Waals surface area contributed by atoms with Gasteiger partial charge in [0.1, 0.15) is 11.9 Å². The minimum Gasteiger partial charge on any atom is -0.494 e. The number of amides is 1. The van der Waals surface area contributed by atoms with Crippen LogP contribution in [0.2, 0.25) is 0 Å². The minimum absolute atomic E-state index is 0.0995. The van der Waals surface area contributed by atoms with Crippen molar-refractivity contribution in [1.29, 1.82) is 0 Å². The molecule has 2 aromatic carbocycles. The molecule has 1 saturated heterocycles. The number of benzene rings is 2. The first-order valence-electron chi connectivity index (χ1n) is 10.1. The van der Waals surface area contributed by atoms with E-state index in [4.69, 9.17) is 14.2 Å². The monoisotopic (exact) mass is 383 g/mol. The Balaban J connectivity index is 1.70. The number of rotatable bonds is 7. The molecule has 1 aliphatic heterocycles. The summed E-state index contributed by atoms with van der Waals surface area (Å²) < 4.78 is 17.2. The molecule has 28 heavy (non-hydrogen) atoms. The summed E-state index contributed by atoms with van der Waals surface area (Å²) in [6.07, 6.45) is 1.34. The summed E-state index contributed by atoms with van der Waals surface area (Å²) in [7, 11) is 0. The van der Waals surface area contributed by atoms with Crippen molar-refractivity contribution in [3.63, 3.8) is 0 Å². The summed E-state index contributed by atoms with van der Waals surface area (Å²) in [6.45, 7) is 6.18. The molecule has 1 amide bonds. The number of nitrogens with zero attached hydrogens (tertiary/aromatic N) is 1. The van der Waals surface area contributed by atoms with E-state index in [0.29, 0.717) is 26.3 Å². The van der Waals surface area contributed by atoms with E-state index in [9.17, 15) is 4.79 Å². The number of hydrogen-bond donors (Lipinski definition) is 0. The van der Waals surface area contributed by atoms with E-state index >= 15 is 0 Å². The summed E-state index contributed by atoms with van der Waals surface area (Å²) in [4.78, 5) is 13.7. The minimum atomic E-state index is -0.230. The van der Waals surface area contributed by atoms with Crippen molar-refractivity contribution in [3.05, 3.63) is 65.7 Å². The van der Waals surface area contributed by atoms with Gasteiger partial charge in [0.05, 0.1) is 19.3 Å². The van der Waals surface area contributed by atoms with Gasteiger partial charge in [0.15, 0.2) is 0 Å². The predicted molar refractivity (Wildman–Crippen MR) is 109 cm³/mol. The zero-order valence-corrected chi connectivity index (χ0v) is 16.7. The largest absolute Gasteiger partial charge is 0.494 e. The molecular formula is C23H29NO4. The van der Waals surface area contributed by atoms with Crippen molar-refractivity contribution in [2.45, 2.75) is 38.9 Å². The zero-order chi connectivity index (χ0) is 19.8. The molecular weight excluding hydrogens is 354 g/mol. The topological polar surface area (TPSA) is 48.0 Å². The molecule has 1 aliphatic rings. The van der Waals surface area contributed by atoms with Crippen LogP contribution in [-0.2, 0) is 9.47 Å². The van der Waals surface area contributed by atoms with E-state index in [1.54, 1.807) is 4.90 Å². The van der Waals surface area contributed by atoms with Gasteiger partial charge in [-0.05, 0) is 49.9 Å². The standard InChI is InChI=1S/C23H29NO4/c1-3-26-20-12-10-19(11-13-20)22(18-8-6-5-7-9-18)28-21-14-16-24(17-15-21)23(25)27-4-2/h5-13,21-22H,3-4,14-17H2,1-2H3. The lowest BCUT2D eigenvalue weighted by atomic mass is 10.00. The number of ether oxygens (including phenoxy) is 3. The molecule has 0 aromatic heterocycles. The molecule has 3 rings (SSSR count). The Labute approximate surface area is 167 Å². The molecule has 0 N–H and O–H groups in total. The van der Waals surface area contributed by atoms with E-state index in [0.717, 1.165) is 29.7 Å². The van der Waals surface area contributed by atoms with Gasteiger partial charge in [0.25, 0.3) is 0 Å². The van der Waals surface area contributed by atoms with Crippen molar-refractivity contribution in [3.8, 4) is 5.75 Å². The fourth-order valence-corrected chi connectivity index (χ4v) is 3.46. The molecule has 1 heterocycles. The van der Waals surface area contributed by atoms with Gasteiger partial charge in [-0.2, -0.15) is 0 Å². The van der Waals surface area contributed by atoms with Gasteiger partial charge in [-0.3, -0.25) is 0 Å². The Bertz CT molecular complexity index is 724. The van der Waals surface area contributed by atoms with Crippen LogP contribution in [0.4, 0.5) is 4.79 Å². The zero-order valence-electron chi connectivity index (χ0n) is 16.7. The van der Waals surface area contributed by atoms with Crippen LogP contribution >= 0.6 is 0 Å². The van der Waals surface area contributed by atoms with Crippen molar-refractivity contribution >= 4 is 6.09 Å². The highest BCUT2D eigenvalue weighted by molar-refractivity contribution is 5.67. The Kier molecular flexibility index (Phi) is 7.31. The summed E-state index contributed by atoms with van der Waals surface area (Å²) in [5, 5.41) is 0. The summed E-state index contributed by atoms with van der Waals surface area (Å²) in [6, 6.07) is 18.4. The first kappa shape index (κ1) is 20.2. The average molecular weight is 383 g/mol. The third kappa shape index (κ3) is 5.26. The summed E-state index contributed by atoms with van der Waals surface area (Å²) in [5.74, 6) is 0.862. The molecule has 1 atom stereocenters. The Hall–Kier alpha value is -2.53. The molecule has 150 valence electrons. The number of carbonyl (C=O) groups excluding carboxylic acids is 1. The molecule has 1 unspecified atom stereocenters. The SMILES string of the molecule is CCOC(=O)N1CCC(OC(c2ccccc2)c2ccc(OCC)cc2)CC1. The van der Waals surface area contributed by atoms with Crippen molar-refractivity contribution in [2.24, 2.45) is 0 Å². The molecule has 2 aromatic rings. The number of hydrogen-bond acceptors (Lipinski definition) is 4. The van der Waals surface area contributed by atoms with Crippen molar-refractivity contribution in [1.82, 2.24) is 4.90 Å². The lowest BCUT2D eigenvalue weighted by molar-refractivity contribution is -0.0260. The van der Waals surface area contributed by atoms with Crippen LogP contribution in [0.5, 0.6) is 5.75 Å². The Morgan fingerprint density at radius 3 is 2.21 bits per heavy atom. The number of piperidine rings is 1. The number of carbonyl (C=O) groups is 1. The molecule has 0 radical (unpaired) electrons. The molecule has 1 fully saturated rings. The third-order valence-electron chi connectivity index (χ3n) is 4.89. The van der Waals surface area contributed by atoms with E-state index in [-0.39, 0.29) is 18.3 Å². The number of likely N-dealkylation sites (tertiary alicyclic amines) is 1. The second kappa shape index (κ2) is 10.1. The molecule has 5 heteroatoms. The van der Waals surface area contributed by atoms with Gasteiger partial charge < -0.3 is 19.1 Å². The summed E-state index contributed by atoms with van der Waals surface area (Å²) in [5.41, 5.74) is 2.22. The Morgan fingerprint density at radius 1 is 0.964 bits per heavy atom. The van der Waals surface area contributed by atoms with Gasteiger partial charge in [-0.15, -0.1) is 0 Å². The van der Waals surface area contributed by atoms with Gasteiger partial charge in [0, 0.05) is 13.1 Å². The average Bonchev–Trinajstić information content (AvgIpc) is 2.74. The van der Waals surface area contributed by atoms with Crippen LogP contribution in [0.15, 0.2) is 54.6 Å². The predicted octanol–water partition coefficient (Wildman–Crippen LogP) is 4.81. The van der Waals surface area contributed by atoms with Gasteiger partial charge in [0.2, 0.25) is 0 Å². The lowest BCUT2D eigenvalue weighted by Gasteiger charge is -2.33.